The van der Waals surface area contributed by atoms with Gasteiger partial charge in [0.1, 0.15) is 11.5 Å². The molecule has 18 heavy (non-hydrogen) atoms. The second kappa shape index (κ2) is 6.10. The third-order valence-electron chi connectivity index (χ3n) is 2.62. The summed E-state index contributed by atoms with van der Waals surface area (Å²) in [5.41, 5.74) is 2.28. The second-order valence-electron chi connectivity index (χ2n) is 3.92. The average molecular weight is 242 g/mol. The Morgan fingerprint density at radius 3 is 1.56 bits per heavy atom. The Hall–Kier alpha value is -1.96. The molecule has 0 fully saturated rings. The molecule has 0 spiro atoms. The smallest absolute Gasteiger partial charge is 0.119 e. The van der Waals surface area contributed by atoms with Crippen molar-refractivity contribution in [3.63, 3.8) is 0 Å². The standard InChI is InChI=1S/C16H18O2/c1-3-17-15-9-5-7-13(11-15)14-8-6-10-16(12-14)18-4-2/h5-12H,3-4H2,1-2H3. The highest BCUT2D eigenvalue weighted by Gasteiger charge is 2.01. The largest absolute Gasteiger partial charge is 0.494 e. The molecule has 0 bridgehead atoms. The predicted molar refractivity (Wildman–Crippen MR) is 74.2 cm³/mol. The van der Waals surface area contributed by atoms with E-state index in [-0.39, 0.29) is 0 Å². The van der Waals surface area contributed by atoms with E-state index in [9.17, 15) is 0 Å². The average Bonchev–Trinajstić information content (AvgIpc) is 2.40. The topological polar surface area (TPSA) is 18.5 Å². The SMILES string of the molecule is CCOc1cccc(-c2cccc(OCC)c2)c1. The van der Waals surface area contributed by atoms with Crippen LogP contribution in [0.4, 0.5) is 0 Å². The van der Waals surface area contributed by atoms with Crippen molar-refractivity contribution in [1.29, 1.82) is 0 Å². The van der Waals surface area contributed by atoms with E-state index in [2.05, 4.69) is 24.3 Å². The first-order chi connectivity index (χ1) is 8.83. The van der Waals surface area contributed by atoms with Crippen LogP contribution in [0.2, 0.25) is 0 Å². The van der Waals surface area contributed by atoms with Crippen molar-refractivity contribution < 1.29 is 9.47 Å². The maximum Gasteiger partial charge on any atom is 0.119 e. The summed E-state index contributed by atoms with van der Waals surface area (Å²) in [5, 5.41) is 0. The number of hydrogen-bond acceptors (Lipinski definition) is 2. The first-order valence-electron chi connectivity index (χ1n) is 6.29. The third kappa shape index (κ3) is 3.04. The summed E-state index contributed by atoms with van der Waals surface area (Å²) in [6.45, 7) is 5.34. The van der Waals surface area contributed by atoms with Crippen LogP contribution in [0.3, 0.4) is 0 Å². The lowest BCUT2D eigenvalue weighted by atomic mass is 10.1. The molecule has 0 saturated heterocycles. The van der Waals surface area contributed by atoms with Crippen LogP contribution in [-0.2, 0) is 0 Å². The van der Waals surface area contributed by atoms with E-state index in [1.54, 1.807) is 0 Å². The highest BCUT2D eigenvalue weighted by atomic mass is 16.5. The molecule has 0 aliphatic carbocycles. The summed E-state index contributed by atoms with van der Waals surface area (Å²) in [4.78, 5) is 0. The minimum atomic E-state index is 0.683. The zero-order chi connectivity index (χ0) is 12.8. The molecule has 2 rings (SSSR count). The van der Waals surface area contributed by atoms with Gasteiger partial charge in [0.15, 0.2) is 0 Å². The number of benzene rings is 2. The molecule has 0 heterocycles. The summed E-state index contributed by atoms with van der Waals surface area (Å²) in [7, 11) is 0. The van der Waals surface area contributed by atoms with Gasteiger partial charge in [-0.1, -0.05) is 24.3 Å². The molecule has 0 N–H and O–H groups in total. The van der Waals surface area contributed by atoms with Crippen LogP contribution in [-0.4, -0.2) is 13.2 Å². The van der Waals surface area contributed by atoms with E-state index in [1.807, 2.05) is 38.1 Å². The van der Waals surface area contributed by atoms with Gasteiger partial charge in [-0.2, -0.15) is 0 Å². The van der Waals surface area contributed by atoms with E-state index in [0.717, 1.165) is 22.6 Å². The van der Waals surface area contributed by atoms with Gasteiger partial charge in [0.2, 0.25) is 0 Å². The molecule has 2 nitrogen and oxygen atoms in total. The fourth-order valence-electron chi connectivity index (χ4n) is 1.86. The predicted octanol–water partition coefficient (Wildman–Crippen LogP) is 4.15. The molecule has 94 valence electrons. The molecule has 0 unspecified atom stereocenters. The van der Waals surface area contributed by atoms with Gasteiger partial charge in [0.25, 0.3) is 0 Å². The molecule has 2 aromatic rings. The highest BCUT2D eigenvalue weighted by Crippen LogP contribution is 2.26. The Bertz CT molecular complexity index is 458. The molecule has 2 aromatic carbocycles. The lowest BCUT2D eigenvalue weighted by Crippen LogP contribution is -1.92. The van der Waals surface area contributed by atoms with E-state index in [0.29, 0.717) is 13.2 Å². The molecule has 0 aliphatic rings. The van der Waals surface area contributed by atoms with Crippen LogP contribution in [0.15, 0.2) is 48.5 Å². The molecular weight excluding hydrogens is 224 g/mol. The van der Waals surface area contributed by atoms with E-state index < -0.39 is 0 Å². The summed E-state index contributed by atoms with van der Waals surface area (Å²) < 4.78 is 11.0. The van der Waals surface area contributed by atoms with Crippen molar-refractivity contribution in [2.75, 3.05) is 13.2 Å². The highest BCUT2D eigenvalue weighted by molar-refractivity contribution is 5.66. The van der Waals surface area contributed by atoms with Crippen molar-refractivity contribution in [3.05, 3.63) is 48.5 Å². The first-order valence-corrected chi connectivity index (χ1v) is 6.29. The van der Waals surface area contributed by atoms with Crippen molar-refractivity contribution in [2.45, 2.75) is 13.8 Å². The van der Waals surface area contributed by atoms with Crippen LogP contribution in [0.1, 0.15) is 13.8 Å². The Labute approximate surface area is 108 Å². The van der Waals surface area contributed by atoms with E-state index in [1.165, 1.54) is 0 Å². The Kier molecular flexibility index (Phi) is 4.24. The van der Waals surface area contributed by atoms with E-state index in [4.69, 9.17) is 9.47 Å². The van der Waals surface area contributed by atoms with Gasteiger partial charge < -0.3 is 9.47 Å². The molecular formula is C16H18O2. The normalized spacial score (nSPS) is 10.1. The monoisotopic (exact) mass is 242 g/mol. The molecule has 0 atom stereocenters. The lowest BCUT2D eigenvalue weighted by Gasteiger charge is -2.08. The van der Waals surface area contributed by atoms with Gasteiger partial charge in [-0.25, -0.2) is 0 Å². The Morgan fingerprint density at radius 2 is 1.17 bits per heavy atom. The zero-order valence-electron chi connectivity index (χ0n) is 10.8. The van der Waals surface area contributed by atoms with Gasteiger partial charge >= 0.3 is 0 Å². The van der Waals surface area contributed by atoms with Crippen LogP contribution in [0.25, 0.3) is 11.1 Å². The molecule has 0 aromatic heterocycles. The third-order valence-corrected chi connectivity index (χ3v) is 2.62. The Balaban J connectivity index is 2.29. The van der Waals surface area contributed by atoms with Gasteiger partial charge in [0.05, 0.1) is 13.2 Å². The quantitative estimate of drug-likeness (QED) is 0.784. The van der Waals surface area contributed by atoms with E-state index >= 15 is 0 Å². The number of rotatable bonds is 5. The summed E-state index contributed by atoms with van der Waals surface area (Å²) in [5.74, 6) is 1.80. The van der Waals surface area contributed by atoms with Crippen LogP contribution in [0, 0.1) is 0 Å². The minimum absolute atomic E-state index is 0.683. The molecule has 0 amide bonds. The zero-order valence-corrected chi connectivity index (χ0v) is 10.8. The van der Waals surface area contributed by atoms with Crippen LogP contribution < -0.4 is 9.47 Å². The van der Waals surface area contributed by atoms with Gasteiger partial charge in [-0.15, -0.1) is 0 Å². The fourth-order valence-corrected chi connectivity index (χ4v) is 1.86. The first kappa shape index (κ1) is 12.5. The number of hydrogen-bond donors (Lipinski definition) is 0. The minimum Gasteiger partial charge on any atom is -0.494 e. The van der Waals surface area contributed by atoms with Crippen molar-refractivity contribution >= 4 is 0 Å². The fraction of sp³-hybridized carbons (Fsp3) is 0.250. The van der Waals surface area contributed by atoms with Crippen LogP contribution in [0.5, 0.6) is 11.5 Å². The molecule has 2 heteroatoms. The van der Waals surface area contributed by atoms with Gasteiger partial charge in [0, 0.05) is 0 Å². The lowest BCUT2D eigenvalue weighted by molar-refractivity contribution is 0.339. The maximum atomic E-state index is 5.51. The van der Waals surface area contributed by atoms with Crippen molar-refractivity contribution in [1.82, 2.24) is 0 Å². The summed E-state index contributed by atoms with van der Waals surface area (Å²) >= 11 is 0. The van der Waals surface area contributed by atoms with Crippen LogP contribution >= 0.6 is 0 Å². The summed E-state index contributed by atoms with van der Waals surface area (Å²) in [6, 6.07) is 16.2. The van der Waals surface area contributed by atoms with Gasteiger partial charge in [-0.3, -0.25) is 0 Å². The Morgan fingerprint density at radius 1 is 0.722 bits per heavy atom. The van der Waals surface area contributed by atoms with Crippen molar-refractivity contribution in [3.8, 4) is 22.6 Å². The van der Waals surface area contributed by atoms with Gasteiger partial charge in [-0.05, 0) is 49.2 Å². The summed E-state index contributed by atoms with van der Waals surface area (Å²) in [6.07, 6.45) is 0. The molecule has 0 aliphatic heterocycles. The number of ether oxygens (including phenoxy) is 2. The maximum absolute atomic E-state index is 5.51. The van der Waals surface area contributed by atoms with Crippen molar-refractivity contribution in [2.24, 2.45) is 0 Å². The molecule has 0 radical (unpaired) electrons. The second-order valence-corrected chi connectivity index (χ2v) is 3.92. The molecule has 0 saturated carbocycles.